The largest absolute Gasteiger partial charge is 0.469 e. The zero-order valence-electron chi connectivity index (χ0n) is 14.4. The fourth-order valence-corrected chi connectivity index (χ4v) is 4.72. The fraction of sp³-hybridized carbons (Fsp3) is 0.688. The smallest absolute Gasteiger partial charge is 0.305 e. The average Bonchev–Trinajstić information content (AvgIpc) is 2.92. The van der Waals surface area contributed by atoms with Crippen LogP contribution in [-0.2, 0) is 31.7 Å². The molecular weight excluding hydrogens is 368 g/mol. The van der Waals surface area contributed by atoms with Gasteiger partial charge in [0.05, 0.1) is 7.11 Å². The Bertz CT molecular complexity index is 878. The number of halogens is 2. The molecule has 0 spiro atoms. The van der Waals surface area contributed by atoms with E-state index >= 15 is 0 Å². The van der Waals surface area contributed by atoms with Gasteiger partial charge < -0.3 is 9.64 Å². The number of rotatable bonds is 4. The summed E-state index contributed by atoms with van der Waals surface area (Å²) < 4.78 is 56.7. The standard InChI is InChI=1S/C16H19F2N3O4S/c1-25-12(22)5-9-10-6-21(7-11(9)10)14-8-3-4-16(17,18)13(8)19-15(20-14)26(2,23)24/h9-11H,3-7H2,1-2H3/t9?,10-,11+. The van der Waals surface area contributed by atoms with E-state index in [1.54, 1.807) is 0 Å². The van der Waals surface area contributed by atoms with E-state index in [0.717, 1.165) is 6.26 Å². The van der Waals surface area contributed by atoms with Crippen molar-refractivity contribution in [3.63, 3.8) is 0 Å². The van der Waals surface area contributed by atoms with Crippen molar-refractivity contribution >= 4 is 21.6 Å². The highest BCUT2D eigenvalue weighted by molar-refractivity contribution is 7.90. The highest BCUT2D eigenvalue weighted by Crippen LogP contribution is 2.55. The van der Waals surface area contributed by atoms with Gasteiger partial charge in [0, 0.05) is 37.8 Å². The Kier molecular flexibility index (Phi) is 3.77. The van der Waals surface area contributed by atoms with Gasteiger partial charge in [-0.3, -0.25) is 4.79 Å². The summed E-state index contributed by atoms with van der Waals surface area (Å²) in [5, 5.41) is -0.556. The van der Waals surface area contributed by atoms with Crippen LogP contribution in [0.3, 0.4) is 0 Å². The van der Waals surface area contributed by atoms with Crippen molar-refractivity contribution < 1.29 is 26.7 Å². The monoisotopic (exact) mass is 387 g/mol. The summed E-state index contributed by atoms with van der Waals surface area (Å²) in [6, 6.07) is 0. The number of alkyl halides is 2. The van der Waals surface area contributed by atoms with Crippen molar-refractivity contribution in [2.24, 2.45) is 17.8 Å². The number of nitrogens with zero attached hydrogens (tertiary/aromatic N) is 3. The van der Waals surface area contributed by atoms with E-state index in [-0.39, 0.29) is 36.6 Å². The normalized spacial score (nSPS) is 28.6. The van der Waals surface area contributed by atoms with Crippen LogP contribution in [0, 0.1) is 17.8 Å². The third-order valence-electron chi connectivity index (χ3n) is 5.63. The van der Waals surface area contributed by atoms with E-state index in [1.807, 2.05) is 4.90 Å². The number of esters is 1. The number of aromatic nitrogens is 2. The van der Waals surface area contributed by atoms with Gasteiger partial charge >= 0.3 is 5.97 Å². The molecule has 0 N–H and O–H groups in total. The van der Waals surface area contributed by atoms with Crippen LogP contribution in [0.4, 0.5) is 14.6 Å². The summed E-state index contributed by atoms with van der Waals surface area (Å²) in [5.74, 6) is -2.28. The first-order chi connectivity index (χ1) is 12.1. The maximum absolute atomic E-state index is 14.1. The summed E-state index contributed by atoms with van der Waals surface area (Å²) >= 11 is 0. The molecule has 0 amide bonds. The minimum atomic E-state index is -3.80. The zero-order valence-corrected chi connectivity index (χ0v) is 15.2. The summed E-state index contributed by atoms with van der Waals surface area (Å²) in [6.45, 7) is 1.15. The number of hydrogen-bond donors (Lipinski definition) is 0. The maximum Gasteiger partial charge on any atom is 0.305 e. The highest BCUT2D eigenvalue weighted by Gasteiger charge is 2.57. The lowest BCUT2D eigenvalue weighted by Gasteiger charge is -2.24. The van der Waals surface area contributed by atoms with E-state index in [1.165, 1.54) is 7.11 Å². The van der Waals surface area contributed by atoms with Gasteiger partial charge in [-0.05, 0) is 24.2 Å². The van der Waals surface area contributed by atoms with Crippen LogP contribution >= 0.6 is 0 Å². The first kappa shape index (κ1) is 17.6. The van der Waals surface area contributed by atoms with E-state index in [9.17, 15) is 22.0 Å². The summed E-state index contributed by atoms with van der Waals surface area (Å²) in [5.41, 5.74) is -0.122. The molecule has 2 aliphatic carbocycles. The Morgan fingerprint density at radius 3 is 2.54 bits per heavy atom. The minimum absolute atomic E-state index is 0.124. The number of carbonyl (C=O) groups is 1. The van der Waals surface area contributed by atoms with E-state index in [0.29, 0.717) is 30.9 Å². The van der Waals surface area contributed by atoms with Crippen LogP contribution in [-0.4, -0.2) is 50.8 Å². The van der Waals surface area contributed by atoms with Crippen molar-refractivity contribution in [3.8, 4) is 0 Å². The minimum Gasteiger partial charge on any atom is -0.469 e. The number of ether oxygens (including phenoxy) is 1. The molecule has 1 saturated heterocycles. The summed E-state index contributed by atoms with van der Waals surface area (Å²) in [6.07, 6.45) is 1.01. The Morgan fingerprint density at radius 1 is 1.31 bits per heavy atom. The number of anilines is 1. The lowest BCUT2D eigenvalue weighted by atomic mass is 10.1. The number of piperidine rings is 1. The van der Waals surface area contributed by atoms with Gasteiger partial charge in [-0.2, -0.15) is 8.78 Å². The average molecular weight is 387 g/mol. The molecule has 1 aromatic rings. The molecule has 1 aliphatic heterocycles. The van der Waals surface area contributed by atoms with Gasteiger partial charge in [0.1, 0.15) is 11.5 Å². The van der Waals surface area contributed by atoms with Crippen molar-refractivity contribution in [2.45, 2.75) is 30.3 Å². The molecule has 1 saturated carbocycles. The molecule has 0 aromatic carbocycles. The molecule has 4 rings (SSSR count). The Hall–Kier alpha value is -1.84. The van der Waals surface area contributed by atoms with Crippen LogP contribution < -0.4 is 4.90 Å². The molecule has 0 radical (unpaired) electrons. The number of sulfone groups is 1. The number of fused-ring (bicyclic) bond motifs is 2. The van der Waals surface area contributed by atoms with Crippen LogP contribution in [0.15, 0.2) is 5.16 Å². The molecule has 0 bridgehead atoms. The van der Waals surface area contributed by atoms with Crippen LogP contribution in [0.2, 0.25) is 0 Å². The number of hydrogen-bond acceptors (Lipinski definition) is 7. The van der Waals surface area contributed by atoms with E-state index < -0.39 is 26.6 Å². The molecule has 3 aliphatic rings. The fourth-order valence-electron chi connectivity index (χ4n) is 4.21. The Balaban J connectivity index is 1.63. The third-order valence-corrected chi connectivity index (χ3v) is 6.48. The number of carbonyl (C=O) groups excluding carboxylic acids is 1. The van der Waals surface area contributed by atoms with Crippen molar-refractivity contribution in [1.82, 2.24) is 9.97 Å². The quantitative estimate of drug-likeness (QED) is 0.566. The van der Waals surface area contributed by atoms with Gasteiger partial charge in [-0.25, -0.2) is 18.4 Å². The lowest BCUT2D eigenvalue weighted by Crippen LogP contribution is -2.28. The third kappa shape index (κ3) is 2.74. The predicted molar refractivity (Wildman–Crippen MR) is 86.7 cm³/mol. The van der Waals surface area contributed by atoms with Gasteiger partial charge in [0.15, 0.2) is 0 Å². The van der Waals surface area contributed by atoms with Crippen LogP contribution in [0.25, 0.3) is 0 Å². The molecule has 7 nitrogen and oxygen atoms in total. The van der Waals surface area contributed by atoms with Crippen LogP contribution in [0.5, 0.6) is 0 Å². The predicted octanol–water partition coefficient (Wildman–Crippen LogP) is 1.16. The maximum atomic E-state index is 14.1. The van der Waals surface area contributed by atoms with E-state index in [2.05, 4.69) is 9.97 Å². The first-order valence-corrected chi connectivity index (χ1v) is 10.3. The van der Waals surface area contributed by atoms with E-state index in [4.69, 9.17) is 4.74 Å². The van der Waals surface area contributed by atoms with Crippen molar-refractivity contribution in [2.75, 3.05) is 31.4 Å². The molecule has 142 valence electrons. The molecule has 3 atom stereocenters. The first-order valence-electron chi connectivity index (χ1n) is 8.43. The summed E-state index contributed by atoms with van der Waals surface area (Å²) in [7, 11) is -2.45. The lowest BCUT2D eigenvalue weighted by molar-refractivity contribution is -0.141. The second kappa shape index (κ2) is 5.58. The molecular formula is C16H19F2N3O4S. The van der Waals surface area contributed by atoms with Gasteiger partial charge in [-0.1, -0.05) is 0 Å². The Morgan fingerprint density at radius 2 is 1.96 bits per heavy atom. The van der Waals surface area contributed by atoms with Gasteiger partial charge in [0.25, 0.3) is 5.92 Å². The zero-order chi connectivity index (χ0) is 18.9. The van der Waals surface area contributed by atoms with Crippen molar-refractivity contribution in [3.05, 3.63) is 11.3 Å². The number of methoxy groups -OCH3 is 1. The summed E-state index contributed by atoms with van der Waals surface area (Å²) in [4.78, 5) is 21.1. The molecule has 2 fully saturated rings. The van der Waals surface area contributed by atoms with Crippen molar-refractivity contribution in [1.29, 1.82) is 0 Å². The van der Waals surface area contributed by atoms with Gasteiger partial charge in [-0.15, -0.1) is 0 Å². The second-order valence-electron chi connectivity index (χ2n) is 7.31. The van der Waals surface area contributed by atoms with Gasteiger partial charge in [0.2, 0.25) is 15.0 Å². The molecule has 1 aromatic heterocycles. The molecule has 1 unspecified atom stereocenters. The molecule has 10 heteroatoms. The Labute approximate surface area is 149 Å². The molecule has 26 heavy (non-hydrogen) atoms. The highest BCUT2D eigenvalue weighted by atomic mass is 32.2. The second-order valence-corrected chi connectivity index (χ2v) is 9.22. The molecule has 2 heterocycles. The SMILES string of the molecule is COC(=O)CC1[C@H]2CN(c3nc(S(C)(=O)=O)nc4c3CCC4(F)F)C[C@@H]12. The van der Waals surface area contributed by atoms with Crippen LogP contribution in [0.1, 0.15) is 24.1 Å². The topological polar surface area (TPSA) is 89.5 Å².